The third kappa shape index (κ3) is 7.50. The van der Waals surface area contributed by atoms with Crippen LogP contribution in [0.2, 0.25) is 0 Å². The molecule has 0 N–H and O–H groups in total. The van der Waals surface area contributed by atoms with E-state index in [0.717, 1.165) is 45.1 Å². The fraction of sp³-hybridized carbons (Fsp3) is 0.636. The summed E-state index contributed by atoms with van der Waals surface area (Å²) in [6.45, 7) is 1.86. The van der Waals surface area contributed by atoms with Crippen LogP contribution in [0.1, 0.15) is 51.4 Å². The first-order valence-corrected chi connectivity index (χ1v) is 10.0. The Morgan fingerprint density at radius 2 is 1.85 bits per heavy atom. The van der Waals surface area contributed by atoms with Gasteiger partial charge >= 0.3 is 0 Å². The molecule has 2 saturated heterocycles. The summed E-state index contributed by atoms with van der Waals surface area (Å²) in [6.07, 6.45) is 8.01. The van der Waals surface area contributed by atoms with Crippen molar-refractivity contribution in [2.75, 3.05) is 19.8 Å². The SMILES string of the molecule is Fc1ccc(OCC2CCCCC(C#CCCOC3CCCCO3)O2)cc1. The first-order valence-electron chi connectivity index (χ1n) is 10.0. The highest BCUT2D eigenvalue weighted by atomic mass is 19.1. The summed E-state index contributed by atoms with van der Waals surface area (Å²) in [7, 11) is 0. The van der Waals surface area contributed by atoms with Gasteiger partial charge in [0, 0.05) is 13.0 Å². The standard InChI is InChI=1S/C22H29FO4/c23-18-11-13-19(14-12-18)26-17-21-9-2-1-7-20(27-21)8-3-5-15-24-22-10-4-6-16-25-22/h11-14,20-22H,1-2,4-7,9-10,15-17H2. The van der Waals surface area contributed by atoms with Gasteiger partial charge in [-0.25, -0.2) is 4.39 Å². The van der Waals surface area contributed by atoms with Gasteiger partial charge in [-0.05, 0) is 62.8 Å². The van der Waals surface area contributed by atoms with Crippen LogP contribution >= 0.6 is 0 Å². The molecule has 2 aliphatic rings. The molecule has 3 unspecified atom stereocenters. The van der Waals surface area contributed by atoms with E-state index in [-0.39, 0.29) is 24.3 Å². The first kappa shape index (κ1) is 20.1. The lowest BCUT2D eigenvalue weighted by Crippen LogP contribution is -2.25. The zero-order chi connectivity index (χ0) is 18.7. The van der Waals surface area contributed by atoms with Crippen molar-refractivity contribution >= 4 is 0 Å². The van der Waals surface area contributed by atoms with Crippen LogP contribution in [-0.2, 0) is 14.2 Å². The lowest BCUT2D eigenvalue weighted by molar-refractivity contribution is -0.161. The van der Waals surface area contributed by atoms with E-state index >= 15 is 0 Å². The maximum atomic E-state index is 13.0. The molecule has 148 valence electrons. The fourth-order valence-corrected chi connectivity index (χ4v) is 3.29. The second-order valence-electron chi connectivity index (χ2n) is 7.03. The normalized spacial score (nSPS) is 25.9. The maximum absolute atomic E-state index is 13.0. The molecule has 2 aliphatic heterocycles. The average molecular weight is 376 g/mol. The molecule has 2 fully saturated rings. The van der Waals surface area contributed by atoms with Crippen LogP contribution < -0.4 is 4.74 Å². The summed E-state index contributed by atoms with van der Waals surface area (Å²) in [4.78, 5) is 0. The molecule has 27 heavy (non-hydrogen) atoms. The van der Waals surface area contributed by atoms with Crippen LogP contribution in [0.15, 0.2) is 24.3 Å². The van der Waals surface area contributed by atoms with Crippen molar-refractivity contribution in [3.63, 3.8) is 0 Å². The summed E-state index contributed by atoms with van der Waals surface area (Å²) in [5.41, 5.74) is 0. The Bertz CT molecular complexity index is 601. The molecule has 0 aromatic heterocycles. The first-order chi connectivity index (χ1) is 13.3. The summed E-state index contributed by atoms with van der Waals surface area (Å²) >= 11 is 0. The zero-order valence-corrected chi connectivity index (χ0v) is 15.8. The summed E-state index contributed by atoms with van der Waals surface area (Å²) in [5.74, 6) is 6.82. The molecule has 3 rings (SSSR count). The van der Waals surface area contributed by atoms with Crippen LogP contribution in [0, 0.1) is 17.7 Å². The van der Waals surface area contributed by atoms with Gasteiger partial charge in [-0.3, -0.25) is 0 Å². The maximum Gasteiger partial charge on any atom is 0.157 e. The predicted octanol–water partition coefficient (Wildman–Crippen LogP) is 4.47. The number of ether oxygens (including phenoxy) is 4. The molecule has 2 heterocycles. The number of hydrogen-bond acceptors (Lipinski definition) is 4. The van der Waals surface area contributed by atoms with Gasteiger partial charge in [0.2, 0.25) is 0 Å². The molecule has 0 amide bonds. The zero-order valence-electron chi connectivity index (χ0n) is 15.8. The largest absolute Gasteiger partial charge is 0.491 e. The van der Waals surface area contributed by atoms with Crippen LogP contribution in [0.3, 0.4) is 0 Å². The predicted molar refractivity (Wildman–Crippen MR) is 101 cm³/mol. The van der Waals surface area contributed by atoms with Gasteiger partial charge in [-0.15, -0.1) is 0 Å². The number of hydrogen-bond donors (Lipinski definition) is 0. The van der Waals surface area contributed by atoms with Crippen molar-refractivity contribution in [1.29, 1.82) is 0 Å². The summed E-state index contributed by atoms with van der Waals surface area (Å²) in [6, 6.07) is 6.08. The highest BCUT2D eigenvalue weighted by Crippen LogP contribution is 2.20. The van der Waals surface area contributed by atoms with Crippen LogP contribution in [0.5, 0.6) is 5.75 Å². The van der Waals surface area contributed by atoms with Crippen molar-refractivity contribution in [1.82, 2.24) is 0 Å². The van der Waals surface area contributed by atoms with E-state index in [2.05, 4.69) is 11.8 Å². The van der Waals surface area contributed by atoms with Gasteiger partial charge in [0.1, 0.15) is 24.3 Å². The Morgan fingerprint density at radius 3 is 2.67 bits per heavy atom. The van der Waals surface area contributed by atoms with E-state index in [4.69, 9.17) is 18.9 Å². The Hall–Kier alpha value is -1.61. The third-order valence-electron chi connectivity index (χ3n) is 4.78. The average Bonchev–Trinajstić information content (AvgIpc) is 2.93. The van der Waals surface area contributed by atoms with Crippen LogP contribution in [0.25, 0.3) is 0 Å². The monoisotopic (exact) mass is 376 g/mol. The van der Waals surface area contributed by atoms with Gasteiger partial charge in [-0.1, -0.05) is 18.3 Å². The van der Waals surface area contributed by atoms with Crippen molar-refractivity contribution < 1.29 is 23.3 Å². The van der Waals surface area contributed by atoms with Crippen molar-refractivity contribution in [2.24, 2.45) is 0 Å². The number of rotatable bonds is 6. The third-order valence-corrected chi connectivity index (χ3v) is 4.78. The van der Waals surface area contributed by atoms with Gasteiger partial charge in [0.05, 0.1) is 12.7 Å². The Morgan fingerprint density at radius 1 is 1.04 bits per heavy atom. The minimum atomic E-state index is -0.262. The molecule has 0 aliphatic carbocycles. The van der Waals surface area contributed by atoms with Crippen molar-refractivity contribution in [2.45, 2.75) is 69.9 Å². The molecule has 5 heteroatoms. The Balaban J connectivity index is 1.37. The second kappa shape index (κ2) is 11.3. The molecule has 1 aromatic rings. The van der Waals surface area contributed by atoms with Gasteiger partial charge in [0.25, 0.3) is 0 Å². The quantitative estimate of drug-likeness (QED) is 0.542. The van der Waals surface area contributed by atoms with E-state index in [1.807, 2.05) is 0 Å². The number of benzene rings is 1. The van der Waals surface area contributed by atoms with E-state index in [9.17, 15) is 4.39 Å². The van der Waals surface area contributed by atoms with Crippen molar-refractivity contribution in [3.8, 4) is 17.6 Å². The summed E-state index contributed by atoms with van der Waals surface area (Å²) in [5, 5.41) is 0. The molecule has 0 bridgehead atoms. The smallest absolute Gasteiger partial charge is 0.157 e. The lowest BCUT2D eigenvalue weighted by atomic mass is 10.1. The van der Waals surface area contributed by atoms with Crippen LogP contribution in [0.4, 0.5) is 4.39 Å². The minimum Gasteiger partial charge on any atom is -0.491 e. The molecule has 3 atom stereocenters. The fourth-order valence-electron chi connectivity index (χ4n) is 3.29. The second-order valence-corrected chi connectivity index (χ2v) is 7.03. The van der Waals surface area contributed by atoms with E-state index in [1.54, 1.807) is 12.1 Å². The van der Waals surface area contributed by atoms with Crippen molar-refractivity contribution in [3.05, 3.63) is 30.1 Å². The minimum absolute atomic E-state index is 0.0174. The molecule has 0 spiro atoms. The number of halogens is 1. The summed E-state index contributed by atoms with van der Waals surface area (Å²) < 4.78 is 36.1. The highest BCUT2D eigenvalue weighted by molar-refractivity contribution is 5.22. The topological polar surface area (TPSA) is 36.9 Å². The Labute approximate surface area is 161 Å². The van der Waals surface area contributed by atoms with E-state index in [1.165, 1.54) is 18.6 Å². The molecule has 0 radical (unpaired) electrons. The molecule has 0 saturated carbocycles. The molecular formula is C22H29FO4. The molecule has 4 nitrogen and oxygen atoms in total. The lowest BCUT2D eigenvalue weighted by Gasteiger charge is -2.22. The van der Waals surface area contributed by atoms with E-state index < -0.39 is 0 Å². The highest BCUT2D eigenvalue weighted by Gasteiger charge is 2.20. The Kier molecular flexibility index (Phi) is 8.41. The van der Waals surface area contributed by atoms with Gasteiger partial charge in [-0.2, -0.15) is 0 Å². The van der Waals surface area contributed by atoms with E-state index in [0.29, 0.717) is 25.4 Å². The molecule has 1 aromatic carbocycles. The van der Waals surface area contributed by atoms with Gasteiger partial charge in [0.15, 0.2) is 6.29 Å². The van der Waals surface area contributed by atoms with Gasteiger partial charge < -0.3 is 18.9 Å². The molecular weight excluding hydrogens is 347 g/mol. The van der Waals surface area contributed by atoms with Crippen LogP contribution in [-0.4, -0.2) is 38.3 Å².